The molecule has 0 spiro atoms. The lowest BCUT2D eigenvalue weighted by Gasteiger charge is -2.19. The van der Waals surface area contributed by atoms with Gasteiger partial charge in [0, 0.05) is 18.0 Å². The van der Waals surface area contributed by atoms with Crippen molar-refractivity contribution in [3.05, 3.63) is 11.9 Å². The van der Waals surface area contributed by atoms with E-state index in [-0.39, 0.29) is 11.5 Å². The van der Waals surface area contributed by atoms with Crippen LogP contribution >= 0.6 is 0 Å². The number of nitrogen functional groups attached to an aromatic ring is 1. The SMILES string of the molecule is CC(C)(C)c1nc(N)cc(NCC2CCC(O)C2)n1. The summed E-state index contributed by atoms with van der Waals surface area (Å²) in [4.78, 5) is 8.80. The van der Waals surface area contributed by atoms with Crippen LogP contribution in [0.25, 0.3) is 0 Å². The molecule has 2 atom stereocenters. The normalized spacial score (nSPS) is 23.6. The van der Waals surface area contributed by atoms with Gasteiger partial charge in [0.2, 0.25) is 0 Å². The number of hydrogen-bond donors (Lipinski definition) is 3. The van der Waals surface area contributed by atoms with Gasteiger partial charge in [-0.25, -0.2) is 9.97 Å². The zero-order valence-electron chi connectivity index (χ0n) is 12.0. The molecule has 4 N–H and O–H groups in total. The Hall–Kier alpha value is -1.36. The molecule has 0 amide bonds. The van der Waals surface area contributed by atoms with Crippen molar-refractivity contribution in [3.8, 4) is 0 Å². The fourth-order valence-electron chi connectivity index (χ4n) is 2.37. The van der Waals surface area contributed by atoms with Gasteiger partial charge in [-0.1, -0.05) is 20.8 Å². The van der Waals surface area contributed by atoms with Gasteiger partial charge in [-0.15, -0.1) is 0 Å². The average Bonchev–Trinajstić information content (AvgIpc) is 2.71. The molecule has 1 fully saturated rings. The highest BCUT2D eigenvalue weighted by Gasteiger charge is 2.23. The Morgan fingerprint density at radius 3 is 2.68 bits per heavy atom. The molecule has 2 rings (SSSR count). The van der Waals surface area contributed by atoms with E-state index in [0.29, 0.717) is 11.7 Å². The van der Waals surface area contributed by atoms with Crippen molar-refractivity contribution in [1.29, 1.82) is 0 Å². The molecule has 5 heteroatoms. The largest absolute Gasteiger partial charge is 0.393 e. The van der Waals surface area contributed by atoms with Gasteiger partial charge < -0.3 is 16.2 Å². The van der Waals surface area contributed by atoms with Crippen molar-refractivity contribution in [1.82, 2.24) is 9.97 Å². The van der Waals surface area contributed by atoms with E-state index < -0.39 is 0 Å². The Balaban J connectivity index is 2.02. The number of aromatic nitrogens is 2. The molecule has 1 aliphatic rings. The molecule has 0 radical (unpaired) electrons. The first-order valence-electron chi connectivity index (χ1n) is 6.91. The van der Waals surface area contributed by atoms with Crippen LogP contribution in [0.15, 0.2) is 6.07 Å². The van der Waals surface area contributed by atoms with Gasteiger partial charge >= 0.3 is 0 Å². The minimum absolute atomic E-state index is 0.116. The summed E-state index contributed by atoms with van der Waals surface area (Å²) in [5.41, 5.74) is 5.72. The molecule has 1 aromatic rings. The first-order chi connectivity index (χ1) is 8.84. The summed E-state index contributed by atoms with van der Waals surface area (Å²) in [5, 5.41) is 12.8. The van der Waals surface area contributed by atoms with Crippen LogP contribution in [0.1, 0.15) is 45.9 Å². The first kappa shape index (κ1) is 14.1. The zero-order valence-corrected chi connectivity index (χ0v) is 12.0. The Morgan fingerprint density at radius 1 is 1.37 bits per heavy atom. The van der Waals surface area contributed by atoms with Gasteiger partial charge in [-0.3, -0.25) is 0 Å². The third kappa shape index (κ3) is 3.80. The summed E-state index contributed by atoms with van der Waals surface area (Å²) in [7, 11) is 0. The van der Waals surface area contributed by atoms with Crippen molar-refractivity contribution in [2.24, 2.45) is 5.92 Å². The van der Waals surface area contributed by atoms with Gasteiger partial charge in [-0.2, -0.15) is 0 Å². The van der Waals surface area contributed by atoms with Gasteiger partial charge in [0.15, 0.2) is 0 Å². The van der Waals surface area contributed by atoms with Gasteiger partial charge in [0.1, 0.15) is 17.5 Å². The smallest absolute Gasteiger partial charge is 0.138 e. The lowest BCUT2D eigenvalue weighted by Crippen LogP contribution is -2.19. The van der Waals surface area contributed by atoms with Crippen LogP contribution in [-0.4, -0.2) is 27.7 Å². The molecular formula is C14H24N4O. The van der Waals surface area contributed by atoms with E-state index in [1.807, 2.05) is 0 Å². The molecule has 1 heterocycles. The van der Waals surface area contributed by atoms with Crippen LogP contribution in [0.3, 0.4) is 0 Å². The van der Waals surface area contributed by atoms with Crippen LogP contribution in [-0.2, 0) is 5.41 Å². The number of hydrogen-bond acceptors (Lipinski definition) is 5. The Labute approximate surface area is 114 Å². The van der Waals surface area contributed by atoms with Gasteiger partial charge in [0.25, 0.3) is 0 Å². The van der Waals surface area contributed by atoms with Gasteiger partial charge in [-0.05, 0) is 25.2 Å². The van der Waals surface area contributed by atoms with Crippen LogP contribution < -0.4 is 11.1 Å². The fourth-order valence-corrected chi connectivity index (χ4v) is 2.37. The summed E-state index contributed by atoms with van der Waals surface area (Å²) in [5.74, 6) is 2.54. The van der Waals surface area contributed by atoms with E-state index in [1.165, 1.54) is 0 Å². The second-order valence-corrected chi connectivity index (χ2v) is 6.47. The summed E-state index contributed by atoms with van der Waals surface area (Å²) in [6.07, 6.45) is 2.72. The topological polar surface area (TPSA) is 84.1 Å². The van der Waals surface area contributed by atoms with Crippen molar-refractivity contribution >= 4 is 11.6 Å². The number of aliphatic hydroxyl groups excluding tert-OH is 1. The van der Waals surface area contributed by atoms with Crippen LogP contribution in [0.4, 0.5) is 11.6 Å². The molecule has 0 aromatic carbocycles. The third-order valence-electron chi connectivity index (χ3n) is 3.50. The molecule has 0 saturated heterocycles. The van der Waals surface area contributed by atoms with E-state index in [9.17, 15) is 5.11 Å². The average molecular weight is 264 g/mol. The quantitative estimate of drug-likeness (QED) is 0.777. The Morgan fingerprint density at radius 2 is 2.11 bits per heavy atom. The molecule has 1 saturated carbocycles. The summed E-state index contributed by atoms with van der Waals surface area (Å²) in [6, 6.07) is 1.76. The molecule has 0 bridgehead atoms. The maximum Gasteiger partial charge on any atom is 0.138 e. The van der Waals surface area contributed by atoms with Crippen molar-refractivity contribution in [2.75, 3.05) is 17.6 Å². The molecule has 106 valence electrons. The molecule has 1 aliphatic carbocycles. The fraction of sp³-hybridized carbons (Fsp3) is 0.714. The third-order valence-corrected chi connectivity index (χ3v) is 3.50. The summed E-state index contributed by atoms with van der Waals surface area (Å²) >= 11 is 0. The van der Waals surface area contributed by atoms with Crippen LogP contribution in [0.2, 0.25) is 0 Å². The number of nitrogens with one attached hydrogen (secondary N) is 1. The number of nitrogens with zero attached hydrogens (tertiary/aromatic N) is 2. The van der Waals surface area contributed by atoms with E-state index >= 15 is 0 Å². The zero-order chi connectivity index (χ0) is 14.0. The molecule has 5 nitrogen and oxygen atoms in total. The molecule has 0 aliphatic heterocycles. The van der Waals surface area contributed by atoms with E-state index in [1.54, 1.807) is 6.07 Å². The highest BCUT2D eigenvalue weighted by molar-refractivity contribution is 5.45. The van der Waals surface area contributed by atoms with Crippen molar-refractivity contribution < 1.29 is 5.11 Å². The van der Waals surface area contributed by atoms with E-state index in [2.05, 4.69) is 36.1 Å². The van der Waals surface area contributed by atoms with Crippen LogP contribution in [0, 0.1) is 5.92 Å². The van der Waals surface area contributed by atoms with Crippen molar-refractivity contribution in [3.63, 3.8) is 0 Å². The number of anilines is 2. The van der Waals surface area contributed by atoms with E-state index in [0.717, 1.165) is 37.4 Å². The minimum atomic E-state index is -0.132. The van der Waals surface area contributed by atoms with Crippen LogP contribution in [0.5, 0.6) is 0 Å². The Kier molecular flexibility index (Phi) is 3.94. The highest BCUT2D eigenvalue weighted by Crippen LogP contribution is 2.26. The summed E-state index contributed by atoms with van der Waals surface area (Å²) < 4.78 is 0. The molecule has 2 unspecified atom stereocenters. The summed E-state index contributed by atoms with van der Waals surface area (Å²) in [6.45, 7) is 7.04. The van der Waals surface area contributed by atoms with E-state index in [4.69, 9.17) is 5.73 Å². The van der Waals surface area contributed by atoms with Crippen molar-refractivity contribution in [2.45, 2.75) is 51.6 Å². The second-order valence-electron chi connectivity index (χ2n) is 6.47. The maximum absolute atomic E-state index is 9.52. The minimum Gasteiger partial charge on any atom is -0.393 e. The number of nitrogens with two attached hydrogens (primary N) is 1. The maximum atomic E-state index is 9.52. The first-order valence-corrected chi connectivity index (χ1v) is 6.91. The monoisotopic (exact) mass is 264 g/mol. The standard InChI is InChI=1S/C14H24N4O/c1-14(2,3)13-17-11(15)7-12(18-13)16-8-9-4-5-10(19)6-9/h7,9-10,19H,4-6,8H2,1-3H3,(H3,15,16,17,18). The predicted molar refractivity (Wildman–Crippen MR) is 77.0 cm³/mol. The van der Waals surface area contributed by atoms with Gasteiger partial charge in [0.05, 0.1) is 6.10 Å². The molecule has 1 aromatic heterocycles. The molecular weight excluding hydrogens is 240 g/mol. The highest BCUT2D eigenvalue weighted by atomic mass is 16.3. The number of aliphatic hydroxyl groups is 1. The Bertz CT molecular complexity index is 442. The molecule has 19 heavy (non-hydrogen) atoms. The number of rotatable bonds is 3. The lowest BCUT2D eigenvalue weighted by molar-refractivity contribution is 0.178. The predicted octanol–water partition coefficient (Wildman–Crippen LogP) is 1.93. The second kappa shape index (κ2) is 5.33. The lowest BCUT2D eigenvalue weighted by atomic mass is 9.96.